The second-order valence-electron chi connectivity index (χ2n) is 4.46. The second-order valence-corrected chi connectivity index (χ2v) is 4.90. The van der Waals surface area contributed by atoms with Gasteiger partial charge in [0.1, 0.15) is 5.75 Å². The first-order valence-corrected chi connectivity index (χ1v) is 6.40. The minimum Gasteiger partial charge on any atom is -0.508 e. The maximum absolute atomic E-state index is 10.9. The van der Waals surface area contributed by atoms with Crippen molar-refractivity contribution in [2.75, 3.05) is 5.32 Å². The summed E-state index contributed by atoms with van der Waals surface area (Å²) >= 11 is 5.88. The molecule has 0 aliphatic rings. The number of hydrogen-bond acceptors (Lipinski definition) is 3. The summed E-state index contributed by atoms with van der Waals surface area (Å²) in [7, 11) is 0. The summed E-state index contributed by atoms with van der Waals surface area (Å²) in [6.45, 7) is 2.23. The second kappa shape index (κ2) is 5.84. The molecule has 2 aromatic rings. The van der Waals surface area contributed by atoms with Gasteiger partial charge in [0.05, 0.1) is 5.56 Å². The smallest absolute Gasteiger partial charge is 0.335 e. The summed E-state index contributed by atoms with van der Waals surface area (Å²) in [5.41, 5.74) is 2.57. The Hall–Kier alpha value is -2.20. The monoisotopic (exact) mass is 291 g/mol. The zero-order valence-corrected chi connectivity index (χ0v) is 11.6. The van der Waals surface area contributed by atoms with Gasteiger partial charge in [0.25, 0.3) is 0 Å². The molecule has 3 N–H and O–H groups in total. The molecule has 0 atom stereocenters. The lowest BCUT2D eigenvalue weighted by atomic mass is 10.1. The summed E-state index contributed by atoms with van der Waals surface area (Å²) in [6, 6.07) is 9.69. The van der Waals surface area contributed by atoms with Crippen LogP contribution in [0.25, 0.3) is 0 Å². The van der Waals surface area contributed by atoms with E-state index in [4.69, 9.17) is 16.7 Å². The van der Waals surface area contributed by atoms with Crippen molar-refractivity contribution in [2.45, 2.75) is 13.5 Å². The zero-order valence-electron chi connectivity index (χ0n) is 10.9. The van der Waals surface area contributed by atoms with Crippen LogP contribution in [0.1, 0.15) is 21.5 Å². The number of aromatic hydroxyl groups is 1. The molecule has 0 spiro atoms. The van der Waals surface area contributed by atoms with Crippen LogP contribution in [0.15, 0.2) is 36.4 Å². The first-order valence-electron chi connectivity index (χ1n) is 6.02. The van der Waals surface area contributed by atoms with Crippen molar-refractivity contribution < 1.29 is 15.0 Å². The van der Waals surface area contributed by atoms with E-state index in [0.717, 1.165) is 11.3 Å². The van der Waals surface area contributed by atoms with Gasteiger partial charge >= 0.3 is 5.97 Å². The Morgan fingerprint density at radius 1 is 1.25 bits per heavy atom. The average molecular weight is 292 g/mol. The van der Waals surface area contributed by atoms with Crippen LogP contribution in [0, 0.1) is 6.92 Å². The molecule has 0 aliphatic carbocycles. The molecular weight excluding hydrogens is 278 g/mol. The van der Waals surface area contributed by atoms with Crippen LogP contribution in [0.3, 0.4) is 0 Å². The number of phenolic OH excluding ortho intramolecular Hbond substituents is 1. The van der Waals surface area contributed by atoms with Crippen LogP contribution < -0.4 is 5.32 Å². The molecule has 0 fully saturated rings. The molecule has 0 amide bonds. The summed E-state index contributed by atoms with van der Waals surface area (Å²) in [4.78, 5) is 10.9. The summed E-state index contributed by atoms with van der Waals surface area (Å²) in [5, 5.41) is 22.3. The highest BCUT2D eigenvalue weighted by molar-refractivity contribution is 6.30. The van der Waals surface area contributed by atoms with Crippen molar-refractivity contribution >= 4 is 23.3 Å². The number of carboxylic acid groups (broad SMARTS) is 1. The van der Waals surface area contributed by atoms with Gasteiger partial charge in [-0.3, -0.25) is 0 Å². The van der Waals surface area contributed by atoms with E-state index in [0.29, 0.717) is 17.1 Å². The maximum Gasteiger partial charge on any atom is 0.335 e. The molecule has 0 saturated heterocycles. The zero-order chi connectivity index (χ0) is 14.7. The van der Waals surface area contributed by atoms with E-state index in [1.807, 2.05) is 6.92 Å². The number of hydrogen-bond donors (Lipinski definition) is 3. The van der Waals surface area contributed by atoms with Gasteiger partial charge in [0.15, 0.2) is 0 Å². The number of phenols is 1. The lowest BCUT2D eigenvalue weighted by Crippen LogP contribution is -2.03. The molecule has 0 unspecified atom stereocenters. The van der Waals surface area contributed by atoms with E-state index in [1.54, 1.807) is 30.3 Å². The van der Waals surface area contributed by atoms with Crippen molar-refractivity contribution in [1.82, 2.24) is 0 Å². The van der Waals surface area contributed by atoms with Crippen molar-refractivity contribution in [2.24, 2.45) is 0 Å². The van der Waals surface area contributed by atoms with Gasteiger partial charge < -0.3 is 15.5 Å². The third-order valence-corrected chi connectivity index (χ3v) is 3.22. The number of halogens is 1. The Kier molecular flexibility index (Phi) is 4.15. The van der Waals surface area contributed by atoms with Gasteiger partial charge in [-0.2, -0.15) is 0 Å². The molecule has 2 aromatic carbocycles. The third-order valence-electron chi connectivity index (χ3n) is 2.98. The average Bonchev–Trinajstić information content (AvgIpc) is 2.40. The number of carbonyl (C=O) groups is 1. The van der Waals surface area contributed by atoms with Crippen molar-refractivity contribution in [3.05, 3.63) is 58.1 Å². The van der Waals surface area contributed by atoms with E-state index in [9.17, 15) is 9.90 Å². The molecule has 104 valence electrons. The Morgan fingerprint density at radius 3 is 2.65 bits per heavy atom. The molecular formula is C15H14ClNO3. The van der Waals surface area contributed by atoms with Gasteiger partial charge in [-0.25, -0.2) is 4.79 Å². The quantitative estimate of drug-likeness (QED) is 0.804. The van der Waals surface area contributed by atoms with Gasteiger partial charge in [0.2, 0.25) is 0 Å². The SMILES string of the molecule is Cc1cc(C(=O)O)ccc1NCc1cc(Cl)ccc1O. The van der Waals surface area contributed by atoms with E-state index in [2.05, 4.69) is 5.32 Å². The van der Waals surface area contributed by atoms with Crippen LogP contribution in [0.5, 0.6) is 5.75 Å². The van der Waals surface area contributed by atoms with Crippen LogP contribution in [-0.4, -0.2) is 16.2 Å². The number of rotatable bonds is 4. The lowest BCUT2D eigenvalue weighted by molar-refractivity contribution is 0.0697. The highest BCUT2D eigenvalue weighted by atomic mass is 35.5. The topological polar surface area (TPSA) is 69.6 Å². The highest BCUT2D eigenvalue weighted by Gasteiger charge is 2.07. The molecule has 20 heavy (non-hydrogen) atoms. The molecule has 0 saturated carbocycles. The molecule has 2 rings (SSSR count). The molecule has 4 nitrogen and oxygen atoms in total. The fraction of sp³-hybridized carbons (Fsp3) is 0.133. The molecule has 5 heteroatoms. The van der Waals surface area contributed by atoms with Crippen LogP contribution in [0.2, 0.25) is 5.02 Å². The normalized spacial score (nSPS) is 10.3. The van der Waals surface area contributed by atoms with Gasteiger partial charge in [0, 0.05) is 22.8 Å². The Labute approximate surface area is 121 Å². The third kappa shape index (κ3) is 3.22. The van der Waals surface area contributed by atoms with E-state index >= 15 is 0 Å². The fourth-order valence-electron chi connectivity index (χ4n) is 1.88. The minimum atomic E-state index is -0.952. The lowest BCUT2D eigenvalue weighted by Gasteiger charge is -2.11. The highest BCUT2D eigenvalue weighted by Crippen LogP contribution is 2.23. The number of aromatic carboxylic acids is 1. The molecule has 0 heterocycles. The molecule has 0 radical (unpaired) electrons. The maximum atomic E-state index is 10.9. The number of aryl methyl sites for hydroxylation is 1. The fourth-order valence-corrected chi connectivity index (χ4v) is 2.08. The van der Waals surface area contributed by atoms with E-state index in [1.165, 1.54) is 6.07 Å². The van der Waals surface area contributed by atoms with Crippen molar-refractivity contribution in [3.63, 3.8) is 0 Å². The Morgan fingerprint density at radius 2 is 2.00 bits per heavy atom. The number of benzene rings is 2. The molecule has 0 aromatic heterocycles. The van der Waals surface area contributed by atoms with Crippen molar-refractivity contribution in [1.29, 1.82) is 0 Å². The van der Waals surface area contributed by atoms with Gasteiger partial charge in [-0.05, 0) is 48.9 Å². The number of nitrogens with one attached hydrogen (secondary N) is 1. The molecule has 0 bridgehead atoms. The van der Waals surface area contributed by atoms with E-state index in [-0.39, 0.29) is 11.3 Å². The Bertz CT molecular complexity index is 656. The number of anilines is 1. The predicted molar refractivity (Wildman–Crippen MR) is 78.6 cm³/mol. The number of carboxylic acids is 1. The largest absolute Gasteiger partial charge is 0.508 e. The Balaban J connectivity index is 2.15. The van der Waals surface area contributed by atoms with Crippen molar-refractivity contribution in [3.8, 4) is 5.75 Å². The first kappa shape index (κ1) is 14.2. The van der Waals surface area contributed by atoms with Gasteiger partial charge in [-0.1, -0.05) is 11.6 Å². The minimum absolute atomic E-state index is 0.168. The summed E-state index contributed by atoms with van der Waals surface area (Å²) < 4.78 is 0. The van der Waals surface area contributed by atoms with Crippen LogP contribution >= 0.6 is 11.6 Å². The van der Waals surface area contributed by atoms with Crippen LogP contribution in [-0.2, 0) is 6.54 Å². The van der Waals surface area contributed by atoms with Gasteiger partial charge in [-0.15, -0.1) is 0 Å². The summed E-state index contributed by atoms with van der Waals surface area (Å²) in [6.07, 6.45) is 0. The standard InChI is InChI=1S/C15H14ClNO3/c1-9-6-10(15(19)20)2-4-13(9)17-8-11-7-12(16)3-5-14(11)18/h2-7,17-18H,8H2,1H3,(H,19,20). The first-order chi connectivity index (χ1) is 9.47. The van der Waals surface area contributed by atoms with Crippen LogP contribution in [0.4, 0.5) is 5.69 Å². The summed E-state index contributed by atoms with van der Waals surface area (Å²) in [5.74, 6) is -0.783. The van der Waals surface area contributed by atoms with E-state index < -0.39 is 5.97 Å². The predicted octanol–water partition coefficient (Wildman–Crippen LogP) is 3.66. The molecule has 0 aliphatic heterocycles.